The van der Waals surface area contributed by atoms with Crippen LogP contribution in [0.15, 0.2) is 66.2 Å². The van der Waals surface area contributed by atoms with Gasteiger partial charge in [-0.1, -0.05) is 32.0 Å². The lowest BCUT2D eigenvalue weighted by Gasteiger charge is -2.26. The van der Waals surface area contributed by atoms with Gasteiger partial charge in [0.2, 0.25) is 0 Å². The summed E-state index contributed by atoms with van der Waals surface area (Å²) >= 11 is 0. The van der Waals surface area contributed by atoms with Gasteiger partial charge in [-0.05, 0) is 72.0 Å². The molecule has 186 valence electrons. The van der Waals surface area contributed by atoms with Crippen LogP contribution in [0.1, 0.15) is 48.1 Å². The van der Waals surface area contributed by atoms with Crippen LogP contribution >= 0.6 is 0 Å². The Bertz CT molecular complexity index is 1360. The molecule has 1 unspecified atom stereocenters. The van der Waals surface area contributed by atoms with E-state index in [0.29, 0.717) is 28.5 Å². The molecule has 0 aromatic heterocycles. The maximum atomic E-state index is 13.4. The van der Waals surface area contributed by atoms with Crippen molar-refractivity contribution in [2.75, 3.05) is 19.1 Å². The topological polar surface area (TPSA) is 96.3 Å². The second-order valence-corrected chi connectivity index (χ2v) is 9.03. The fourth-order valence-electron chi connectivity index (χ4n) is 4.49. The lowest BCUT2D eigenvalue weighted by molar-refractivity contribution is -0.132. The van der Waals surface area contributed by atoms with E-state index in [4.69, 9.17) is 9.47 Å². The maximum absolute atomic E-state index is 13.4. The number of carbonyl (C=O) groups excluding carboxylic acids is 2. The van der Waals surface area contributed by atoms with Gasteiger partial charge in [-0.3, -0.25) is 14.5 Å². The smallest absolute Gasteiger partial charge is 0.300 e. The molecule has 4 rings (SSSR count). The molecule has 0 saturated carbocycles. The standard InChI is InChI=1S/C29H29NO6/c1-16(2)18-6-10-21(11-7-18)30-26(19-8-13-24(36-5)22(31)15-19)25(28(33)29(30)34)27(32)20-9-12-23(35-4)17(3)14-20/h6-16,26,31-32H,1-5H3/b27-25-. The molecule has 3 aromatic carbocycles. The summed E-state index contributed by atoms with van der Waals surface area (Å²) in [6, 6.07) is 16.1. The van der Waals surface area contributed by atoms with E-state index < -0.39 is 17.7 Å². The number of ketones is 1. The Hall–Kier alpha value is -4.26. The zero-order valence-corrected chi connectivity index (χ0v) is 20.9. The molecule has 1 fully saturated rings. The number of ether oxygens (including phenoxy) is 2. The van der Waals surface area contributed by atoms with Crippen LogP contribution in [0.3, 0.4) is 0 Å². The Morgan fingerprint density at radius 1 is 0.917 bits per heavy atom. The summed E-state index contributed by atoms with van der Waals surface area (Å²) in [4.78, 5) is 28.1. The van der Waals surface area contributed by atoms with Gasteiger partial charge in [0, 0.05) is 11.3 Å². The number of methoxy groups -OCH3 is 2. The third-order valence-electron chi connectivity index (χ3n) is 6.47. The first kappa shape index (κ1) is 24.9. The van der Waals surface area contributed by atoms with E-state index >= 15 is 0 Å². The van der Waals surface area contributed by atoms with Gasteiger partial charge in [-0.2, -0.15) is 0 Å². The molecule has 1 aliphatic rings. The van der Waals surface area contributed by atoms with Crippen molar-refractivity contribution in [1.29, 1.82) is 0 Å². The number of phenols is 1. The van der Waals surface area contributed by atoms with Gasteiger partial charge in [-0.15, -0.1) is 0 Å². The number of rotatable bonds is 6. The normalized spacial score (nSPS) is 17.1. The number of carbonyl (C=O) groups is 2. The average molecular weight is 488 g/mol. The summed E-state index contributed by atoms with van der Waals surface area (Å²) < 4.78 is 10.5. The third kappa shape index (κ3) is 4.28. The Morgan fingerprint density at radius 2 is 1.56 bits per heavy atom. The zero-order valence-electron chi connectivity index (χ0n) is 20.9. The van der Waals surface area contributed by atoms with Crippen LogP contribution in [0.2, 0.25) is 0 Å². The molecule has 36 heavy (non-hydrogen) atoms. The Balaban J connectivity index is 1.93. The highest BCUT2D eigenvalue weighted by Gasteiger charge is 2.47. The summed E-state index contributed by atoms with van der Waals surface area (Å²) in [6.07, 6.45) is 0. The van der Waals surface area contributed by atoms with Gasteiger partial charge in [-0.25, -0.2) is 0 Å². The van der Waals surface area contributed by atoms with Crippen LogP contribution in [0, 0.1) is 6.92 Å². The van der Waals surface area contributed by atoms with E-state index in [1.54, 1.807) is 49.6 Å². The number of aliphatic hydroxyl groups is 1. The molecule has 0 bridgehead atoms. The van der Waals surface area contributed by atoms with E-state index in [1.165, 1.54) is 18.1 Å². The van der Waals surface area contributed by atoms with Crippen molar-refractivity contribution in [1.82, 2.24) is 0 Å². The molecule has 0 radical (unpaired) electrons. The number of benzene rings is 3. The average Bonchev–Trinajstić information content (AvgIpc) is 3.13. The lowest BCUT2D eigenvalue weighted by Crippen LogP contribution is -2.29. The first-order valence-electron chi connectivity index (χ1n) is 11.6. The second kappa shape index (κ2) is 9.77. The fraction of sp³-hybridized carbons (Fsp3) is 0.241. The highest BCUT2D eigenvalue weighted by Crippen LogP contribution is 2.44. The van der Waals surface area contributed by atoms with Gasteiger partial charge >= 0.3 is 0 Å². The molecule has 1 atom stereocenters. The minimum absolute atomic E-state index is 0.0675. The molecule has 7 heteroatoms. The Labute approximate surface area is 210 Å². The first-order chi connectivity index (χ1) is 17.2. The van der Waals surface area contributed by atoms with Crippen molar-refractivity contribution < 1.29 is 29.3 Å². The number of hydrogen-bond donors (Lipinski definition) is 2. The van der Waals surface area contributed by atoms with Crippen molar-refractivity contribution in [2.45, 2.75) is 32.7 Å². The number of nitrogens with zero attached hydrogens (tertiary/aromatic N) is 1. The molecule has 0 spiro atoms. The van der Waals surface area contributed by atoms with Crippen molar-refractivity contribution >= 4 is 23.1 Å². The summed E-state index contributed by atoms with van der Waals surface area (Å²) in [5, 5.41) is 21.8. The maximum Gasteiger partial charge on any atom is 0.300 e. The number of aromatic hydroxyl groups is 1. The van der Waals surface area contributed by atoms with E-state index in [1.807, 2.05) is 19.1 Å². The summed E-state index contributed by atoms with van der Waals surface area (Å²) in [7, 11) is 2.98. The van der Waals surface area contributed by atoms with Crippen LogP contribution in [-0.4, -0.2) is 36.1 Å². The largest absolute Gasteiger partial charge is 0.507 e. The molecule has 7 nitrogen and oxygen atoms in total. The molecular weight excluding hydrogens is 458 g/mol. The predicted octanol–water partition coefficient (Wildman–Crippen LogP) is 5.47. The Morgan fingerprint density at radius 3 is 2.11 bits per heavy atom. The zero-order chi connectivity index (χ0) is 26.1. The van der Waals surface area contributed by atoms with Crippen molar-refractivity contribution in [3.8, 4) is 17.2 Å². The fourth-order valence-corrected chi connectivity index (χ4v) is 4.49. The third-order valence-corrected chi connectivity index (χ3v) is 6.47. The van der Waals surface area contributed by atoms with Gasteiger partial charge in [0.15, 0.2) is 11.5 Å². The number of hydrogen-bond acceptors (Lipinski definition) is 6. The van der Waals surface area contributed by atoms with E-state index in [-0.39, 0.29) is 22.8 Å². The van der Waals surface area contributed by atoms with Gasteiger partial charge in [0.25, 0.3) is 11.7 Å². The Kier molecular flexibility index (Phi) is 6.75. The molecule has 1 heterocycles. The van der Waals surface area contributed by atoms with Gasteiger partial charge in [0.1, 0.15) is 11.5 Å². The number of anilines is 1. The van der Waals surface area contributed by atoms with Crippen molar-refractivity contribution in [3.63, 3.8) is 0 Å². The van der Waals surface area contributed by atoms with Crippen molar-refractivity contribution in [2.24, 2.45) is 0 Å². The highest BCUT2D eigenvalue weighted by atomic mass is 16.5. The van der Waals surface area contributed by atoms with Crippen LogP contribution in [-0.2, 0) is 9.59 Å². The second-order valence-electron chi connectivity index (χ2n) is 9.03. The van der Waals surface area contributed by atoms with Gasteiger partial charge in [0.05, 0.1) is 25.8 Å². The number of Topliss-reactive ketones (excluding diaryl/α,β-unsaturated/α-hetero) is 1. The number of aliphatic hydroxyl groups excluding tert-OH is 1. The van der Waals surface area contributed by atoms with Crippen LogP contribution in [0.25, 0.3) is 5.76 Å². The van der Waals surface area contributed by atoms with Crippen LogP contribution < -0.4 is 14.4 Å². The molecule has 0 aliphatic carbocycles. The minimum atomic E-state index is -0.964. The van der Waals surface area contributed by atoms with E-state index in [0.717, 1.165) is 11.1 Å². The SMILES string of the molecule is COc1ccc(/C(O)=C2/C(=O)C(=O)N(c3ccc(C(C)C)cc3)C2c2ccc(OC)c(O)c2)cc1C. The van der Waals surface area contributed by atoms with Crippen molar-refractivity contribution in [3.05, 3.63) is 88.5 Å². The molecule has 1 saturated heterocycles. The molecule has 2 N–H and O–H groups in total. The summed E-state index contributed by atoms with van der Waals surface area (Å²) in [6.45, 7) is 5.96. The first-order valence-corrected chi connectivity index (χ1v) is 11.6. The lowest BCUT2D eigenvalue weighted by atomic mass is 9.94. The van der Waals surface area contributed by atoms with Crippen LogP contribution in [0.5, 0.6) is 17.2 Å². The van der Waals surface area contributed by atoms with E-state index in [9.17, 15) is 19.8 Å². The highest BCUT2D eigenvalue weighted by molar-refractivity contribution is 6.51. The monoisotopic (exact) mass is 487 g/mol. The van der Waals surface area contributed by atoms with E-state index in [2.05, 4.69) is 13.8 Å². The predicted molar refractivity (Wildman–Crippen MR) is 138 cm³/mol. The summed E-state index contributed by atoms with van der Waals surface area (Å²) in [5.74, 6) is -0.843. The molecule has 3 aromatic rings. The molecule has 1 aliphatic heterocycles. The number of aryl methyl sites for hydroxylation is 1. The molecule has 1 amide bonds. The van der Waals surface area contributed by atoms with Crippen LogP contribution in [0.4, 0.5) is 5.69 Å². The quantitative estimate of drug-likeness (QED) is 0.272. The summed E-state index contributed by atoms with van der Waals surface area (Å²) in [5.41, 5.74) is 3.12. The molecular formula is C29H29NO6. The number of amides is 1. The number of phenolic OH excluding ortho intramolecular Hbond substituents is 1. The minimum Gasteiger partial charge on any atom is -0.507 e. The van der Waals surface area contributed by atoms with Gasteiger partial charge < -0.3 is 19.7 Å².